The van der Waals surface area contributed by atoms with Crippen LogP contribution in [0, 0.1) is 0 Å². The average Bonchev–Trinajstić information content (AvgIpc) is 2.02. The van der Waals surface area contributed by atoms with Crippen LogP contribution in [0.3, 0.4) is 0 Å². The van der Waals surface area contributed by atoms with E-state index in [4.69, 9.17) is 16.3 Å². The molecule has 0 saturated heterocycles. The second kappa shape index (κ2) is 3.67. The quantitative estimate of drug-likeness (QED) is 0.798. The van der Waals surface area contributed by atoms with Crippen molar-refractivity contribution < 1.29 is 14.9 Å². The van der Waals surface area contributed by atoms with Crippen molar-refractivity contribution in [1.82, 2.24) is 0 Å². The first-order chi connectivity index (χ1) is 6.38. The van der Waals surface area contributed by atoms with E-state index in [-0.39, 0.29) is 11.5 Å². The van der Waals surface area contributed by atoms with Crippen molar-refractivity contribution in [3.63, 3.8) is 0 Å². The zero-order chi connectivity index (χ0) is 10.9. The number of benzene rings is 1. The predicted molar refractivity (Wildman–Crippen MR) is 54.9 cm³/mol. The Morgan fingerprint density at radius 2 is 1.93 bits per heavy atom. The van der Waals surface area contributed by atoms with Crippen LogP contribution in [0.15, 0.2) is 12.1 Å². The Kier molecular flexibility index (Phi) is 2.92. The van der Waals surface area contributed by atoms with Crippen molar-refractivity contribution in [2.45, 2.75) is 19.4 Å². The molecule has 0 aliphatic carbocycles. The van der Waals surface area contributed by atoms with Crippen LogP contribution in [0.4, 0.5) is 0 Å². The SMILES string of the molecule is COc1c(Cl)ccc(C(C)(C)O)c1O. The molecule has 0 bridgehead atoms. The summed E-state index contributed by atoms with van der Waals surface area (Å²) in [5, 5.41) is 19.8. The highest BCUT2D eigenvalue weighted by atomic mass is 35.5. The van der Waals surface area contributed by atoms with Crippen molar-refractivity contribution in [3.8, 4) is 11.5 Å². The first kappa shape index (κ1) is 11.1. The molecule has 78 valence electrons. The summed E-state index contributed by atoms with van der Waals surface area (Å²) in [6, 6.07) is 3.15. The number of aromatic hydroxyl groups is 1. The highest BCUT2D eigenvalue weighted by Crippen LogP contribution is 2.40. The van der Waals surface area contributed by atoms with Gasteiger partial charge in [-0.2, -0.15) is 0 Å². The number of rotatable bonds is 2. The number of hydrogen-bond donors (Lipinski definition) is 2. The Bertz CT molecular complexity index is 342. The molecule has 14 heavy (non-hydrogen) atoms. The lowest BCUT2D eigenvalue weighted by Gasteiger charge is -2.20. The van der Waals surface area contributed by atoms with Crippen LogP contribution in [-0.4, -0.2) is 17.3 Å². The standard InChI is InChI=1S/C10H13ClO3/c1-10(2,13)6-4-5-7(11)9(14-3)8(6)12/h4-5,12-13H,1-3H3. The van der Waals surface area contributed by atoms with E-state index in [1.807, 2.05) is 0 Å². The molecule has 0 unspecified atom stereocenters. The first-order valence-electron chi connectivity index (χ1n) is 4.16. The third-order valence-corrected chi connectivity index (χ3v) is 2.24. The van der Waals surface area contributed by atoms with Gasteiger partial charge in [0.1, 0.15) is 0 Å². The van der Waals surface area contributed by atoms with E-state index < -0.39 is 5.60 Å². The summed E-state index contributed by atoms with van der Waals surface area (Å²) < 4.78 is 4.92. The second-order valence-electron chi connectivity index (χ2n) is 3.54. The number of phenols is 1. The minimum Gasteiger partial charge on any atom is -0.504 e. The topological polar surface area (TPSA) is 49.7 Å². The molecule has 0 radical (unpaired) electrons. The van der Waals surface area contributed by atoms with E-state index in [0.717, 1.165) is 0 Å². The van der Waals surface area contributed by atoms with Gasteiger partial charge in [-0.1, -0.05) is 17.7 Å². The molecule has 0 aliphatic heterocycles. The Morgan fingerprint density at radius 3 is 2.36 bits per heavy atom. The Balaban J connectivity index is 3.36. The second-order valence-corrected chi connectivity index (χ2v) is 3.94. The van der Waals surface area contributed by atoms with Crippen LogP contribution in [-0.2, 0) is 5.60 Å². The first-order valence-corrected chi connectivity index (χ1v) is 4.54. The van der Waals surface area contributed by atoms with Crippen LogP contribution in [0.25, 0.3) is 0 Å². The van der Waals surface area contributed by atoms with Gasteiger partial charge in [-0.3, -0.25) is 0 Å². The van der Waals surface area contributed by atoms with Gasteiger partial charge in [0.2, 0.25) is 0 Å². The molecule has 1 rings (SSSR count). The van der Waals surface area contributed by atoms with Crippen molar-refractivity contribution in [2.24, 2.45) is 0 Å². The van der Waals surface area contributed by atoms with Gasteiger partial charge >= 0.3 is 0 Å². The number of aliphatic hydroxyl groups is 1. The molecule has 0 spiro atoms. The summed E-state index contributed by atoms with van der Waals surface area (Å²) in [6.07, 6.45) is 0. The number of hydrogen-bond acceptors (Lipinski definition) is 3. The number of ether oxygens (including phenoxy) is 1. The van der Waals surface area contributed by atoms with Crippen LogP contribution in [0.5, 0.6) is 11.5 Å². The smallest absolute Gasteiger partial charge is 0.179 e. The van der Waals surface area contributed by atoms with Gasteiger partial charge in [-0.05, 0) is 19.9 Å². The van der Waals surface area contributed by atoms with Gasteiger partial charge in [0.05, 0.1) is 17.7 Å². The van der Waals surface area contributed by atoms with Gasteiger partial charge < -0.3 is 14.9 Å². The van der Waals surface area contributed by atoms with Gasteiger partial charge in [-0.25, -0.2) is 0 Å². The summed E-state index contributed by atoms with van der Waals surface area (Å²) >= 11 is 5.79. The van der Waals surface area contributed by atoms with Crippen LogP contribution >= 0.6 is 11.6 Å². The zero-order valence-corrected chi connectivity index (χ0v) is 9.09. The molecule has 0 amide bonds. The Morgan fingerprint density at radius 1 is 1.36 bits per heavy atom. The fraction of sp³-hybridized carbons (Fsp3) is 0.400. The third kappa shape index (κ3) is 1.94. The fourth-order valence-corrected chi connectivity index (χ4v) is 1.46. The lowest BCUT2D eigenvalue weighted by atomic mass is 9.97. The van der Waals surface area contributed by atoms with Crippen LogP contribution in [0.2, 0.25) is 5.02 Å². The molecule has 0 aromatic heterocycles. The lowest BCUT2D eigenvalue weighted by Crippen LogP contribution is -2.15. The van der Waals surface area contributed by atoms with Gasteiger partial charge in [0, 0.05) is 5.56 Å². The molecule has 0 saturated carbocycles. The Hall–Kier alpha value is -0.930. The van der Waals surface area contributed by atoms with Crippen molar-refractivity contribution >= 4 is 11.6 Å². The molecule has 4 heteroatoms. The van der Waals surface area contributed by atoms with Crippen molar-refractivity contribution in [2.75, 3.05) is 7.11 Å². The van der Waals surface area contributed by atoms with Crippen molar-refractivity contribution in [3.05, 3.63) is 22.7 Å². The molecule has 0 heterocycles. The van der Waals surface area contributed by atoms with E-state index in [0.29, 0.717) is 10.6 Å². The summed E-state index contributed by atoms with van der Waals surface area (Å²) in [7, 11) is 1.41. The van der Waals surface area contributed by atoms with Gasteiger partial charge in [0.15, 0.2) is 11.5 Å². The largest absolute Gasteiger partial charge is 0.504 e. The van der Waals surface area contributed by atoms with E-state index in [2.05, 4.69) is 0 Å². The third-order valence-electron chi connectivity index (χ3n) is 1.95. The maximum atomic E-state index is 9.74. The molecule has 1 aromatic carbocycles. The Labute approximate surface area is 87.9 Å². The van der Waals surface area contributed by atoms with E-state index in [9.17, 15) is 10.2 Å². The molecular formula is C10H13ClO3. The maximum Gasteiger partial charge on any atom is 0.179 e. The molecule has 0 fully saturated rings. The fourth-order valence-electron chi connectivity index (χ4n) is 1.23. The van der Waals surface area contributed by atoms with E-state index in [1.165, 1.54) is 7.11 Å². The highest BCUT2D eigenvalue weighted by Gasteiger charge is 2.23. The highest BCUT2D eigenvalue weighted by molar-refractivity contribution is 6.32. The van der Waals surface area contributed by atoms with Gasteiger partial charge in [-0.15, -0.1) is 0 Å². The normalized spacial score (nSPS) is 11.5. The minimum absolute atomic E-state index is 0.118. The van der Waals surface area contributed by atoms with Crippen LogP contribution < -0.4 is 4.74 Å². The molecular weight excluding hydrogens is 204 g/mol. The monoisotopic (exact) mass is 216 g/mol. The molecule has 2 N–H and O–H groups in total. The zero-order valence-electron chi connectivity index (χ0n) is 8.34. The summed E-state index contributed by atoms with van der Waals surface area (Å²) in [5.41, 5.74) is -0.735. The predicted octanol–water partition coefficient (Wildman–Crippen LogP) is 2.28. The lowest BCUT2D eigenvalue weighted by molar-refractivity contribution is 0.0753. The molecule has 1 aromatic rings. The number of halogens is 1. The average molecular weight is 217 g/mol. The molecule has 0 aliphatic rings. The van der Waals surface area contributed by atoms with E-state index >= 15 is 0 Å². The number of methoxy groups -OCH3 is 1. The molecule has 3 nitrogen and oxygen atoms in total. The van der Waals surface area contributed by atoms with E-state index in [1.54, 1.807) is 26.0 Å². The van der Waals surface area contributed by atoms with Crippen molar-refractivity contribution in [1.29, 1.82) is 0 Å². The van der Waals surface area contributed by atoms with Gasteiger partial charge in [0.25, 0.3) is 0 Å². The van der Waals surface area contributed by atoms with Crippen LogP contribution in [0.1, 0.15) is 19.4 Å². The molecule has 0 atom stereocenters. The minimum atomic E-state index is -1.12. The summed E-state index contributed by atoms with van der Waals surface area (Å²) in [4.78, 5) is 0. The number of phenolic OH excluding ortho intramolecular Hbond substituents is 1. The summed E-state index contributed by atoms with van der Waals surface area (Å²) in [6.45, 7) is 3.16. The maximum absolute atomic E-state index is 9.74. The summed E-state index contributed by atoms with van der Waals surface area (Å²) in [5.74, 6) is 0.0683.